The van der Waals surface area contributed by atoms with Crippen molar-refractivity contribution in [2.45, 2.75) is 93.7 Å². The quantitative estimate of drug-likeness (QED) is 0.315. The van der Waals surface area contributed by atoms with Gasteiger partial charge in [-0.15, -0.1) is 12.1 Å². The number of rotatable bonds is 8. The average Bonchev–Trinajstić information content (AvgIpc) is 2.53. The van der Waals surface area contributed by atoms with E-state index < -0.39 is 0 Å². The van der Waals surface area contributed by atoms with Crippen molar-refractivity contribution < 1.29 is 19.6 Å². The molecular formula is C19H41N3W-4. The third kappa shape index (κ3) is 73.2. The summed E-state index contributed by atoms with van der Waals surface area (Å²) in [6, 6.07) is 0.747. The zero-order valence-electron chi connectivity index (χ0n) is 17.0. The van der Waals surface area contributed by atoms with Gasteiger partial charge in [-0.1, -0.05) is 41.5 Å². The van der Waals surface area contributed by atoms with Gasteiger partial charge in [-0.05, 0) is 0 Å². The largest absolute Gasteiger partial charge is 0.332 e. The van der Waals surface area contributed by atoms with Crippen molar-refractivity contribution in [2.24, 2.45) is 3.50 Å². The number of hydrogen-bond acceptors (Lipinski definition) is 1. The molecule has 0 heterocycles. The van der Waals surface area contributed by atoms with Gasteiger partial charge in [0.25, 0.3) is 0 Å². The van der Waals surface area contributed by atoms with E-state index in [2.05, 4.69) is 61.6 Å². The molecular weight excluding hydrogens is 454 g/mol. The van der Waals surface area contributed by atoms with Crippen LogP contribution in [0.25, 0.3) is 10.6 Å². The van der Waals surface area contributed by atoms with Gasteiger partial charge in [0.15, 0.2) is 0 Å². The van der Waals surface area contributed by atoms with Crippen molar-refractivity contribution >= 4 is 0 Å². The first-order valence-corrected chi connectivity index (χ1v) is 10.1. The SMILES string of the molecule is CC(C)[N-]/C=C\[N-]C(C)C.CCC[N]=[W].C[CH-]CC.C[CH-]CC. The van der Waals surface area contributed by atoms with Gasteiger partial charge in [0, 0.05) is 0 Å². The van der Waals surface area contributed by atoms with E-state index in [0.29, 0.717) is 12.1 Å². The molecule has 3 nitrogen and oxygen atoms in total. The van der Waals surface area contributed by atoms with E-state index in [0.717, 1.165) is 6.54 Å². The predicted molar refractivity (Wildman–Crippen MR) is 104 cm³/mol. The Hall–Kier alpha value is -0.172. The fourth-order valence-electron chi connectivity index (χ4n) is 0.513. The minimum Gasteiger partial charge on any atom is -0.332 e. The molecule has 142 valence electrons. The van der Waals surface area contributed by atoms with Crippen LogP contribution in [0.4, 0.5) is 0 Å². The van der Waals surface area contributed by atoms with Crippen LogP contribution >= 0.6 is 0 Å². The van der Waals surface area contributed by atoms with Crippen LogP contribution in [0.3, 0.4) is 0 Å². The summed E-state index contributed by atoms with van der Waals surface area (Å²) in [5.74, 6) is 0. The van der Waals surface area contributed by atoms with E-state index in [1.165, 1.54) is 38.9 Å². The second-order valence-corrected chi connectivity index (χ2v) is 6.20. The molecule has 0 aromatic heterocycles. The molecule has 0 fully saturated rings. The van der Waals surface area contributed by atoms with Gasteiger partial charge < -0.3 is 23.5 Å². The van der Waals surface area contributed by atoms with Gasteiger partial charge in [0.2, 0.25) is 0 Å². The van der Waals surface area contributed by atoms with E-state index >= 15 is 0 Å². The molecule has 0 aromatic rings. The molecule has 0 aliphatic carbocycles. The van der Waals surface area contributed by atoms with Crippen LogP contribution in [0.5, 0.6) is 0 Å². The minimum atomic E-state index is 0.374. The van der Waals surface area contributed by atoms with Crippen LogP contribution in [0, 0.1) is 12.8 Å². The van der Waals surface area contributed by atoms with E-state index in [4.69, 9.17) is 0 Å². The molecule has 0 N–H and O–H groups in total. The Morgan fingerprint density at radius 2 is 1.17 bits per heavy atom. The molecule has 0 aliphatic rings. The minimum absolute atomic E-state index is 0.374. The van der Waals surface area contributed by atoms with Crippen molar-refractivity contribution in [2.75, 3.05) is 6.54 Å². The molecule has 0 aromatic carbocycles. The first-order chi connectivity index (χ1) is 10.9. The van der Waals surface area contributed by atoms with Crippen LogP contribution in [0.2, 0.25) is 0 Å². The molecule has 0 spiro atoms. The summed E-state index contributed by atoms with van der Waals surface area (Å²) >= 11 is 1.35. The Morgan fingerprint density at radius 1 is 0.870 bits per heavy atom. The third-order valence-corrected chi connectivity index (χ3v) is 2.62. The summed E-state index contributed by atoms with van der Waals surface area (Å²) in [5, 5.41) is 8.24. The average molecular weight is 495 g/mol. The van der Waals surface area contributed by atoms with Crippen LogP contribution < -0.4 is 0 Å². The van der Waals surface area contributed by atoms with E-state index in [1.54, 1.807) is 12.4 Å². The van der Waals surface area contributed by atoms with Crippen molar-refractivity contribution in [1.29, 1.82) is 0 Å². The second kappa shape index (κ2) is 33.4. The molecule has 0 rings (SSSR count). The van der Waals surface area contributed by atoms with Crippen LogP contribution in [-0.4, -0.2) is 18.6 Å². The van der Waals surface area contributed by atoms with Crippen molar-refractivity contribution in [3.63, 3.8) is 0 Å². The molecule has 0 saturated heterocycles. The van der Waals surface area contributed by atoms with E-state index in [9.17, 15) is 0 Å². The van der Waals surface area contributed by atoms with E-state index in [1.807, 2.05) is 27.7 Å². The van der Waals surface area contributed by atoms with Gasteiger partial charge in [-0.25, -0.2) is 12.4 Å². The molecule has 0 unspecified atom stereocenters. The number of nitrogens with zero attached hydrogens (tertiary/aromatic N) is 3. The number of hydrogen-bond donors (Lipinski definition) is 0. The molecule has 0 saturated carbocycles. The molecule has 4 heteroatoms. The smallest absolute Gasteiger partial charge is 0.0925 e. The third-order valence-electron chi connectivity index (χ3n) is 1.97. The first-order valence-electron chi connectivity index (χ1n) is 8.77. The Morgan fingerprint density at radius 3 is 1.26 bits per heavy atom. The normalized spacial score (nSPS) is 9.17. The number of unbranched alkanes of at least 4 members (excludes halogenated alkanes) is 2. The Balaban J connectivity index is -0.000000117. The fourth-order valence-corrected chi connectivity index (χ4v) is 1.17. The summed E-state index contributed by atoms with van der Waals surface area (Å²) in [6.45, 7) is 19.7. The molecule has 0 radical (unpaired) electrons. The molecule has 0 aliphatic heterocycles. The topological polar surface area (TPSA) is 40.6 Å². The van der Waals surface area contributed by atoms with Crippen molar-refractivity contribution in [1.82, 2.24) is 0 Å². The Kier molecular flexibility index (Phi) is 44.6. The summed E-state index contributed by atoms with van der Waals surface area (Å²) in [7, 11) is 0. The van der Waals surface area contributed by atoms with Gasteiger partial charge in [0.1, 0.15) is 0 Å². The first kappa shape index (κ1) is 30.7. The Labute approximate surface area is 159 Å². The van der Waals surface area contributed by atoms with Gasteiger partial charge in [0.05, 0.1) is 0 Å². The summed E-state index contributed by atoms with van der Waals surface area (Å²) < 4.78 is 3.94. The van der Waals surface area contributed by atoms with Crippen molar-refractivity contribution in [3.05, 3.63) is 35.9 Å². The van der Waals surface area contributed by atoms with E-state index in [-0.39, 0.29) is 0 Å². The fraction of sp³-hybridized carbons (Fsp3) is 0.789. The monoisotopic (exact) mass is 495 g/mol. The molecule has 0 amide bonds. The molecule has 0 bridgehead atoms. The molecule has 23 heavy (non-hydrogen) atoms. The maximum atomic E-state index is 4.12. The van der Waals surface area contributed by atoms with Gasteiger partial charge in [-0.3, -0.25) is 0 Å². The van der Waals surface area contributed by atoms with Crippen LogP contribution in [0.15, 0.2) is 15.9 Å². The maximum Gasteiger partial charge on any atom is -0.0925 e. The van der Waals surface area contributed by atoms with Crippen LogP contribution in [-0.2, 0) is 19.6 Å². The van der Waals surface area contributed by atoms with Gasteiger partial charge >= 0.3 is 43.0 Å². The predicted octanol–water partition coefficient (Wildman–Crippen LogP) is 7.39. The Bertz CT molecular complexity index is 185. The van der Waals surface area contributed by atoms with Crippen molar-refractivity contribution in [3.8, 4) is 0 Å². The standard InChI is InChI=1S/C8H16N2.2C4H9.C3H7N.W/c1-7(2)9-5-6-10-8(3)4;2*1-3-4-2;1-2-3-4;/h5-8H,1-4H3;2*3H,4H2,1-2H3;2-3H2,1H3;/q-2;2*-1;;/b6-5-;;;;. The van der Waals surface area contributed by atoms with Gasteiger partial charge in [-0.2, -0.15) is 26.7 Å². The van der Waals surface area contributed by atoms with Crippen LogP contribution in [0.1, 0.15) is 81.6 Å². The summed E-state index contributed by atoms with van der Waals surface area (Å²) in [4.78, 5) is 0. The summed E-state index contributed by atoms with van der Waals surface area (Å²) in [6.07, 6.45) is 11.3. The second-order valence-electron chi connectivity index (χ2n) is 5.27. The molecule has 0 atom stereocenters. The zero-order chi connectivity index (χ0) is 18.9. The zero-order valence-corrected chi connectivity index (χ0v) is 20.0. The summed E-state index contributed by atoms with van der Waals surface area (Å²) in [5.41, 5.74) is 0. The maximum absolute atomic E-state index is 4.12.